The molecule has 0 atom stereocenters. The first-order chi connectivity index (χ1) is 5.61. The molecule has 5 nitrogen and oxygen atoms in total. The molecule has 0 aliphatic carbocycles. The van der Waals surface area contributed by atoms with Gasteiger partial charge in [-0.2, -0.15) is 0 Å². The molecule has 1 aromatic heterocycles. The molecule has 0 aromatic carbocycles. The van der Waals surface area contributed by atoms with E-state index in [0.717, 1.165) is 0 Å². The minimum Gasteiger partial charge on any atom is -0.350 e. The number of aromatic nitrogens is 2. The van der Waals surface area contributed by atoms with Crippen LogP contribution in [0.5, 0.6) is 5.88 Å². The van der Waals surface area contributed by atoms with E-state index >= 15 is 0 Å². The van der Waals surface area contributed by atoms with E-state index in [0.29, 0.717) is 0 Å². The van der Waals surface area contributed by atoms with E-state index < -0.39 is 5.88 Å². The maximum absolute atomic E-state index is 11.2. The fourth-order valence-corrected chi connectivity index (χ4v) is 0.780. The highest BCUT2D eigenvalue weighted by Crippen LogP contribution is 2.11. The largest absolute Gasteiger partial charge is 0.350 e. The molecule has 5 heteroatoms. The molecule has 0 aliphatic heterocycles. The Kier molecular flexibility index (Phi) is 2.32. The first-order valence-corrected chi connectivity index (χ1v) is 3.63. The van der Waals surface area contributed by atoms with Crippen molar-refractivity contribution in [3.8, 4) is 5.88 Å². The van der Waals surface area contributed by atoms with Crippen LogP contribution in [0.1, 0.15) is 24.2 Å². The molecule has 1 aromatic rings. The molecule has 0 bridgehead atoms. The third-order valence-corrected chi connectivity index (χ3v) is 1.27. The summed E-state index contributed by atoms with van der Waals surface area (Å²) in [5.74, 6) is -0.906. The van der Waals surface area contributed by atoms with Crippen molar-refractivity contribution in [3.05, 3.63) is 11.8 Å². The zero-order valence-electron chi connectivity index (χ0n) is 6.92. The van der Waals surface area contributed by atoms with Crippen LogP contribution < -0.4 is 5.32 Å². The van der Waals surface area contributed by atoms with E-state index in [-0.39, 0.29) is 17.5 Å². The minimum atomic E-state index is -0.520. The van der Waals surface area contributed by atoms with Crippen molar-refractivity contribution in [2.75, 3.05) is 0 Å². The van der Waals surface area contributed by atoms with Gasteiger partial charge in [0, 0.05) is 12.2 Å². The Hall–Kier alpha value is -1.52. The highest BCUT2D eigenvalue weighted by molar-refractivity contribution is 5.96. The Labute approximate surface area is 69.8 Å². The summed E-state index contributed by atoms with van der Waals surface area (Å²) in [6, 6.07) is 0.0202. The number of carbonyl (C=O) groups excluding carboxylic acids is 1. The van der Waals surface area contributed by atoms with E-state index in [9.17, 15) is 9.90 Å². The minimum absolute atomic E-state index is 0.0202. The summed E-state index contributed by atoms with van der Waals surface area (Å²) in [5.41, 5.74) is 0.0590. The van der Waals surface area contributed by atoms with Crippen molar-refractivity contribution in [3.63, 3.8) is 0 Å². The number of carbonyl (C=O) groups is 1. The molecule has 1 radical (unpaired) electrons. The Balaban J connectivity index is 2.72. The van der Waals surface area contributed by atoms with Crippen molar-refractivity contribution in [1.29, 1.82) is 0 Å². The van der Waals surface area contributed by atoms with E-state index in [1.54, 1.807) is 0 Å². The lowest BCUT2D eigenvalue weighted by molar-refractivity contribution is 0.0938. The Morgan fingerprint density at radius 2 is 2.33 bits per heavy atom. The highest BCUT2D eigenvalue weighted by Gasteiger charge is 2.14. The van der Waals surface area contributed by atoms with Crippen LogP contribution in [0.25, 0.3) is 0 Å². The van der Waals surface area contributed by atoms with E-state index in [4.69, 9.17) is 0 Å². The Morgan fingerprint density at radius 3 is 2.75 bits per heavy atom. The highest BCUT2D eigenvalue weighted by atomic mass is 16.3. The molecule has 1 heterocycles. The van der Waals surface area contributed by atoms with Gasteiger partial charge < -0.3 is 5.32 Å². The number of hydrogen-bond acceptors (Lipinski definition) is 2. The van der Waals surface area contributed by atoms with Gasteiger partial charge >= 0.3 is 5.88 Å². The third-order valence-electron chi connectivity index (χ3n) is 1.27. The molecule has 1 rings (SSSR count). The first kappa shape index (κ1) is 8.58. The van der Waals surface area contributed by atoms with Gasteiger partial charge in [-0.05, 0) is 13.8 Å². The molecule has 12 heavy (non-hydrogen) atoms. The molecule has 2 N–H and O–H groups in total. The van der Waals surface area contributed by atoms with Gasteiger partial charge in [-0.3, -0.25) is 15.0 Å². The number of nitrogens with zero attached hydrogens (tertiary/aromatic N) is 1. The van der Waals surface area contributed by atoms with Crippen molar-refractivity contribution < 1.29 is 9.90 Å². The standard InChI is InChI=1S/C7H10N3O2/c1-4(2)9-6(11)5-3-8-10-7(5)12/h3-4H,1-2H3,(H,8,10)(H,9,11). The lowest BCUT2D eigenvalue weighted by Gasteiger charge is -2.05. The van der Waals surface area contributed by atoms with Gasteiger partial charge in [0.15, 0.2) is 0 Å². The summed E-state index contributed by atoms with van der Waals surface area (Å²) in [7, 11) is 0. The Bertz CT molecular complexity index is 280. The van der Waals surface area contributed by atoms with Crippen LogP contribution in [-0.4, -0.2) is 22.1 Å². The summed E-state index contributed by atoms with van der Waals surface area (Å²) in [5, 5.41) is 19.1. The number of amides is 1. The summed E-state index contributed by atoms with van der Waals surface area (Å²) in [6.45, 7) is 3.64. The van der Waals surface area contributed by atoms with Gasteiger partial charge in [0.1, 0.15) is 5.56 Å². The molecular formula is C7H10N3O2. The molecular weight excluding hydrogens is 158 g/mol. The van der Waals surface area contributed by atoms with Crippen LogP contribution in [0.2, 0.25) is 0 Å². The quantitative estimate of drug-likeness (QED) is 0.681. The zero-order valence-corrected chi connectivity index (χ0v) is 6.92. The summed E-state index contributed by atoms with van der Waals surface area (Å²) in [6.07, 6.45) is 1.29. The molecule has 0 saturated heterocycles. The fourth-order valence-electron chi connectivity index (χ4n) is 0.780. The maximum Gasteiger partial charge on any atom is 0.300 e. The number of aromatic amines is 1. The van der Waals surface area contributed by atoms with E-state index in [1.807, 2.05) is 13.8 Å². The molecule has 0 unspecified atom stereocenters. The van der Waals surface area contributed by atoms with Crippen LogP contribution in [-0.2, 0) is 5.11 Å². The molecule has 0 spiro atoms. The first-order valence-electron chi connectivity index (χ1n) is 3.63. The lowest BCUT2D eigenvalue weighted by Crippen LogP contribution is -2.29. The second-order valence-corrected chi connectivity index (χ2v) is 2.73. The zero-order chi connectivity index (χ0) is 9.14. The van der Waals surface area contributed by atoms with Crippen LogP contribution in [0, 0.1) is 0 Å². The summed E-state index contributed by atoms with van der Waals surface area (Å²) < 4.78 is 0. The average Bonchev–Trinajstić information content (AvgIpc) is 2.33. The van der Waals surface area contributed by atoms with Crippen molar-refractivity contribution in [2.24, 2.45) is 0 Å². The number of rotatable bonds is 2. The molecule has 1 amide bonds. The monoisotopic (exact) mass is 168 g/mol. The SMILES string of the molecule is CC(C)NC(=O)c1c[nH]nc1[O]. The van der Waals surface area contributed by atoms with Crippen LogP contribution >= 0.6 is 0 Å². The van der Waals surface area contributed by atoms with Crippen LogP contribution in [0.4, 0.5) is 0 Å². The predicted octanol–water partition coefficient (Wildman–Crippen LogP) is 0.692. The number of H-pyrrole nitrogens is 1. The second-order valence-electron chi connectivity index (χ2n) is 2.73. The maximum atomic E-state index is 11.2. The topological polar surface area (TPSA) is 77.7 Å². The third kappa shape index (κ3) is 1.75. The second kappa shape index (κ2) is 3.25. The van der Waals surface area contributed by atoms with Crippen LogP contribution in [0.15, 0.2) is 6.20 Å². The van der Waals surface area contributed by atoms with Gasteiger partial charge in [0.25, 0.3) is 5.91 Å². The number of hydrogen-bond donors (Lipinski definition) is 2. The van der Waals surface area contributed by atoms with Gasteiger partial charge in [-0.15, -0.1) is 5.10 Å². The number of nitrogens with one attached hydrogen (secondary N) is 2. The predicted molar refractivity (Wildman–Crippen MR) is 41.3 cm³/mol. The fraction of sp³-hybridized carbons (Fsp3) is 0.429. The van der Waals surface area contributed by atoms with Gasteiger partial charge in [-0.25, -0.2) is 0 Å². The van der Waals surface area contributed by atoms with Gasteiger partial charge in [-0.1, -0.05) is 0 Å². The average molecular weight is 168 g/mol. The van der Waals surface area contributed by atoms with Crippen molar-refractivity contribution >= 4 is 5.91 Å². The van der Waals surface area contributed by atoms with E-state index in [1.165, 1.54) is 6.20 Å². The Morgan fingerprint density at radius 1 is 1.67 bits per heavy atom. The van der Waals surface area contributed by atoms with Crippen molar-refractivity contribution in [1.82, 2.24) is 15.5 Å². The molecule has 0 fully saturated rings. The molecule has 0 saturated carbocycles. The van der Waals surface area contributed by atoms with Crippen LogP contribution in [0.3, 0.4) is 0 Å². The summed E-state index contributed by atoms with van der Waals surface area (Å²) in [4.78, 5) is 11.2. The summed E-state index contributed by atoms with van der Waals surface area (Å²) >= 11 is 0. The van der Waals surface area contributed by atoms with E-state index in [2.05, 4.69) is 15.5 Å². The lowest BCUT2D eigenvalue weighted by atomic mass is 10.3. The molecule has 65 valence electrons. The van der Waals surface area contributed by atoms with Crippen molar-refractivity contribution in [2.45, 2.75) is 19.9 Å². The normalized spacial score (nSPS) is 10.2. The smallest absolute Gasteiger partial charge is 0.300 e. The van der Waals surface area contributed by atoms with Gasteiger partial charge in [0.05, 0.1) is 0 Å². The van der Waals surface area contributed by atoms with Gasteiger partial charge in [0.2, 0.25) is 0 Å². The molecule has 0 aliphatic rings.